The molecule has 1 fully saturated rings. The Morgan fingerprint density at radius 2 is 1.83 bits per heavy atom. The second-order valence-electron chi connectivity index (χ2n) is 8.53. The van der Waals surface area contributed by atoms with Gasteiger partial charge in [-0.25, -0.2) is 13.2 Å². The highest BCUT2D eigenvalue weighted by atomic mass is 32.2. The molecule has 182 valence electrons. The monoisotopic (exact) mass is 494 g/mol. The molecule has 0 spiro atoms. The Kier molecular flexibility index (Phi) is 6.86. The summed E-state index contributed by atoms with van der Waals surface area (Å²) in [5.41, 5.74) is 6.61. The van der Waals surface area contributed by atoms with Crippen molar-refractivity contribution in [3.63, 3.8) is 0 Å². The highest BCUT2D eigenvalue weighted by Gasteiger charge is 2.38. The van der Waals surface area contributed by atoms with E-state index < -0.39 is 34.0 Å². The van der Waals surface area contributed by atoms with Crippen LogP contribution < -0.4 is 10.5 Å². The van der Waals surface area contributed by atoms with Crippen LogP contribution in [0.25, 0.3) is 10.8 Å². The number of carbonyl (C=O) groups excluding carboxylic acids is 1. The minimum absolute atomic E-state index is 0.00249. The fraction of sp³-hybridized carbons (Fsp3) is 0.240. The summed E-state index contributed by atoms with van der Waals surface area (Å²) in [5, 5.41) is 18.8. The van der Waals surface area contributed by atoms with Crippen LogP contribution in [0.5, 0.6) is 0 Å². The number of nitrogens with two attached hydrogens (primary N) is 1. The Bertz CT molecular complexity index is 1410. The summed E-state index contributed by atoms with van der Waals surface area (Å²) in [6, 6.07) is 16.4. The lowest BCUT2D eigenvalue weighted by molar-refractivity contribution is -0.148. The predicted molar refractivity (Wildman–Crippen MR) is 132 cm³/mol. The molecule has 0 aromatic heterocycles. The van der Waals surface area contributed by atoms with E-state index in [4.69, 9.17) is 11.1 Å². The first-order valence-electron chi connectivity index (χ1n) is 11.1. The van der Waals surface area contributed by atoms with Gasteiger partial charge < -0.3 is 15.7 Å². The molecule has 4 rings (SSSR count). The molecule has 3 aromatic rings. The molecule has 0 radical (unpaired) electrons. The molecule has 1 aliphatic rings. The van der Waals surface area contributed by atoms with E-state index >= 15 is 0 Å². The van der Waals surface area contributed by atoms with Gasteiger partial charge in [0.15, 0.2) is 0 Å². The van der Waals surface area contributed by atoms with Gasteiger partial charge in [0.05, 0.1) is 4.90 Å². The molecule has 3 aromatic carbocycles. The van der Waals surface area contributed by atoms with Crippen LogP contribution in [-0.4, -0.2) is 54.8 Å². The first-order chi connectivity index (χ1) is 16.7. The molecule has 1 aliphatic heterocycles. The average Bonchev–Trinajstić information content (AvgIpc) is 3.33. The van der Waals surface area contributed by atoms with Gasteiger partial charge in [0.1, 0.15) is 17.9 Å². The zero-order valence-electron chi connectivity index (χ0n) is 18.8. The summed E-state index contributed by atoms with van der Waals surface area (Å²) in [6.45, 7) is 0.234. The quantitative estimate of drug-likeness (QED) is 0.278. The lowest BCUT2D eigenvalue weighted by Crippen LogP contribution is -2.52. The summed E-state index contributed by atoms with van der Waals surface area (Å²) in [7, 11) is -4.12. The third-order valence-electron chi connectivity index (χ3n) is 6.13. The second-order valence-corrected chi connectivity index (χ2v) is 10.2. The van der Waals surface area contributed by atoms with Crippen molar-refractivity contribution in [1.29, 1.82) is 5.41 Å². The summed E-state index contributed by atoms with van der Waals surface area (Å²) in [4.78, 5) is 26.4. The van der Waals surface area contributed by atoms with Crippen molar-refractivity contribution in [2.45, 2.75) is 36.2 Å². The molecule has 10 heteroatoms. The lowest BCUT2D eigenvalue weighted by atomic mass is 10.0. The van der Waals surface area contributed by atoms with E-state index in [9.17, 15) is 23.1 Å². The van der Waals surface area contributed by atoms with Gasteiger partial charge in [-0.3, -0.25) is 10.2 Å². The van der Waals surface area contributed by atoms with Gasteiger partial charge in [0, 0.05) is 12.1 Å². The van der Waals surface area contributed by atoms with Crippen LogP contribution in [0.2, 0.25) is 0 Å². The fourth-order valence-corrected chi connectivity index (χ4v) is 5.58. The van der Waals surface area contributed by atoms with Gasteiger partial charge in [-0.1, -0.05) is 48.5 Å². The Morgan fingerprint density at radius 1 is 1.09 bits per heavy atom. The van der Waals surface area contributed by atoms with Crippen LogP contribution in [0.3, 0.4) is 0 Å². The number of fused-ring (bicyclic) bond motifs is 1. The molecule has 1 heterocycles. The highest BCUT2D eigenvalue weighted by molar-refractivity contribution is 7.89. The summed E-state index contributed by atoms with van der Waals surface area (Å²) < 4.78 is 29.2. The standard InChI is InChI=1S/C25H26N4O5S/c26-23(27)19-8-3-5-16(13-19)14-21(24(30)29-12-4-9-22(29)25(31)32)28-35(33,34)20-11-10-17-6-1-2-7-18(17)15-20/h1-3,5-8,10-11,13,15,21-22,28H,4,9,12,14H2,(H3,26,27)(H,31,32)/t21-,22-/m1/s1. The number of carboxylic acids is 1. The van der Waals surface area contributed by atoms with Crippen molar-refractivity contribution in [2.24, 2.45) is 5.73 Å². The zero-order chi connectivity index (χ0) is 25.2. The lowest BCUT2D eigenvalue weighted by Gasteiger charge is -2.27. The molecule has 0 aliphatic carbocycles. The highest BCUT2D eigenvalue weighted by Crippen LogP contribution is 2.23. The van der Waals surface area contributed by atoms with Crippen molar-refractivity contribution in [3.05, 3.63) is 77.9 Å². The van der Waals surface area contributed by atoms with Crippen LogP contribution in [0, 0.1) is 5.41 Å². The molecule has 9 nitrogen and oxygen atoms in total. The van der Waals surface area contributed by atoms with Crippen LogP contribution in [0.1, 0.15) is 24.0 Å². The number of hydrogen-bond donors (Lipinski definition) is 4. The van der Waals surface area contributed by atoms with Gasteiger partial charge >= 0.3 is 5.97 Å². The predicted octanol–water partition coefficient (Wildman–Crippen LogP) is 2.09. The first kappa shape index (κ1) is 24.4. The van der Waals surface area contributed by atoms with E-state index in [0.717, 1.165) is 10.8 Å². The van der Waals surface area contributed by atoms with Crippen LogP contribution in [-0.2, 0) is 26.0 Å². The summed E-state index contributed by atoms with van der Waals surface area (Å²) >= 11 is 0. The van der Waals surface area contributed by atoms with Crippen molar-refractivity contribution < 1.29 is 23.1 Å². The average molecular weight is 495 g/mol. The van der Waals surface area contributed by atoms with E-state index in [0.29, 0.717) is 24.0 Å². The van der Waals surface area contributed by atoms with Gasteiger partial charge in [0.25, 0.3) is 0 Å². The van der Waals surface area contributed by atoms with Gasteiger partial charge in [-0.2, -0.15) is 4.72 Å². The van der Waals surface area contributed by atoms with E-state index in [-0.39, 0.29) is 23.7 Å². The number of sulfonamides is 1. The normalized spacial score (nSPS) is 16.8. The third-order valence-corrected chi connectivity index (χ3v) is 7.59. The number of aliphatic carboxylic acids is 1. The number of carbonyl (C=O) groups is 2. The minimum Gasteiger partial charge on any atom is -0.480 e. The number of likely N-dealkylation sites (tertiary alicyclic amines) is 1. The van der Waals surface area contributed by atoms with Crippen molar-refractivity contribution in [1.82, 2.24) is 9.62 Å². The Hall–Kier alpha value is -3.76. The molecule has 35 heavy (non-hydrogen) atoms. The van der Waals surface area contributed by atoms with Crippen LogP contribution >= 0.6 is 0 Å². The molecule has 1 amide bonds. The molecular weight excluding hydrogens is 468 g/mol. The maximum absolute atomic E-state index is 13.5. The molecule has 0 bridgehead atoms. The first-order valence-corrected chi connectivity index (χ1v) is 12.6. The van der Waals surface area contributed by atoms with E-state index in [1.165, 1.54) is 17.0 Å². The number of hydrogen-bond acceptors (Lipinski definition) is 5. The molecular formula is C25H26N4O5S. The number of benzene rings is 3. The molecule has 5 N–H and O–H groups in total. The molecule has 1 saturated heterocycles. The summed E-state index contributed by atoms with van der Waals surface area (Å²) in [6.07, 6.45) is 0.799. The largest absolute Gasteiger partial charge is 0.480 e. The molecule has 2 atom stereocenters. The molecule has 0 unspecified atom stereocenters. The van der Waals surface area contributed by atoms with Crippen molar-refractivity contribution in [3.8, 4) is 0 Å². The van der Waals surface area contributed by atoms with Crippen LogP contribution in [0.4, 0.5) is 0 Å². The smallest absolute Gasteiger partial charge is 0.326 e. The Balaban J connectivity index is 1.68. The van der Waals surface area contributed by atoms with Crippen molar-refractivity contribution in [2.75, 3.05) is 6.54 Å². The maximum atomic E-state index is 13.5. The third kappa shape index (κ3) is 5.33. The topological polar surface area (TPSA) is 154 Å². The van der Waals surface area contributed by atoms with Crippen molar-refractivity contribution >= 4 is 38.5 Å². The van der Waals surface area contributed by atoms with Gasteiger partial charge in [0.2, 0.25) is 15.9 Å². The number of nitrogens with one attached hydrogen (secondary N) is 2. The zero-order valence-corrected chi connectivity index (χ0v) is 19.7. The number of carboxylic acid groups (broad SMARTS) is 1. The van der Waals surface area contributed by atoms with Gasteiger partial charge in [-0.15, -0.1) is 0 Å². The fourth-order valence-electron chi connectivity index (χ4n) is 4.36. The number of amidine groups is 1. The Labute approximate surface area is 203 Å². The number of nitrogens with zero attached hydrogens (tertiary/aromatic N) is 1. The van der Waals surface area contributed by atoms with Crippen LogP contribution in [0.15, 0.2) is 71.6 Å². The summed E-state index contributed by atoms with van der Waals surface area (Å²) in [5.74, 6) is -1.88. The van der Waals surface area contributed by atoms with E-state index in [1.54, 1.807) is 42.5 Å². The SMILES string of the molecule is N=C(N)c1cccc(C[C@@H](NS(=O)(=O)c2ccc3ccccc3c2)C(=O)N2CCC[C@@H]2C(=O)O)c1. The van der Waals surface area contributed by atoms with E-state index in [2.05, 4.69) is 4.72 Å². The minimum atomic E-state index is -4.12. The van der Waals surface area contributed by atoms with E-state index in [1.807, 2.05) is 12.1 Å². The Morgan fingerprint density at radius 3 is 2.54 bits per heavy atom. The number of amides is 1. The van der Waals surface area contributed by atoms with Gasteiger partial charge in [-0.05, 0) is 53.8 Å². The maximum Gasteiger partial charge on any atom is 0.326 e. The number of nitrogen functional groups attached to an aromatic ring is 1. The second kappa shape index (κ2) is 9.85. The molecule has 0 saturated carbocycles. The number of rotatable bonds is 8.